The van der Waals surface area contributed by atoms with E-state index in [1.54, 1.807) is 51.1 Å². The number of carbonyl (C=O) groups is 3. The average Bonchev–Trinajstić information content (AvgIpc) is 2.56. The minimum Gasteiger partial charge on any atom is -0.548 e. The highest BCUT2D eigenvalue weighted by Crippen LogP contribution is 2.30. The van der Waals surface area contributed by atoms with Crippen molar-refractivity contribution in [3.05, 3.63) is 42.1 Å². The first-order chi connectivity index (χ1) is 11.9. The summed E-state index contributed by atoms with van der Waals surface area (Å²) in [6.07, 6.45) is 0.832. The summed E-state index contributed by atoms with van der Waals surface area (Å²) in [5, 5.41) is 11.1. The van der Waals surface area contributed by atoms with Crippen molar-refractivity contribution in [2.24, 2.45) is 5.92 Å². The molecule has 1 aliphatic heterocycles. The lowest BCUT2D eigenvalue weighted by Gasteiger charge is -2.40. The van der Waals surface area contributed by atoms with Gasteiger partial charge in [-0.15, -0.1) is 0 Å². The molecule has 0 N–H and O–H groups in total. The van der Waals surface area contributed by atoms with Crippen LogP contribution in [0, 0.1) is 5.92 Å². The van der Waals surface area contributed by atoms with Crippen LogP contribution < -0.4 is 5.11 Å². The fourth-order valence-corrected chi connectivity index (χ4v) is 2.78. The van der Waals surface area contributed by atoms with Crippen molar-refractivity contribution in [1.82, 2.24) is 9.80 Å². The minimum absolute atomic E-state index is 0.172. The van der Waals surface area contributed by atoms with Gasteiger partial charge in [0.05, 0.1) is 24.8 Å². The fraction of sp³-hybridized carbons (Fsp3) is 0.389. The molecular formula is C18H21N2O5-. The third kappa shape index (κ3) is 3.99. The molecular weight excluding hydrogens is 324 g/mol. The van der Waals surface area contributed by atoms with Crippen molar-refractivity contribution in [3.63, 3.8) is 0 Å². The van der Waals surface area contributed by atoms with E-state index in [0.29, 0.717) is 11.3 Å². The lowest BCUT2D eigenvalue weighted by molar-refractivity contribution is -0.305. The van der Waals surface area contributed by atoms with Gasteiger partial charge in [0.15, 0.2) is 0 Å². The molecule has 0 spiro atoms. The van der Waals surface area contributed by atoms with E-state index in [0.717, 1.165) is 4.90 Å². The van der Waals surface area contributed by atoms with Gasteiger partial charge in [-0.25, -0.2) is 4.79 Å². The van der Waals surface area contributed by atoms with Crippen molar-refractivity contribution < 1.29 is 24.2 Å². The standard InChI is InChI=1S/C18H22N2O5/c1-4-25-18(24)20-10-14(13-8-6-5-7-9-13)19(11-15(21)22)17(23)16(20)12(2)3/h5-10,12,16H,4,11H2,1-3H3,(H,21,22)/p-1. The van der Waals surface area contributed by atoms with E-state index in [1.165, 1.54) is 11.1 Å². The van der Waals surface area contributed by atoms with Crippen LogP contribution in [0.5, 0.6) is 0 Å². The van der Waals surface area contributed by atoms with E-state index >= 15 is 0 Å². The van der Waals surface area contributed by atoms with Crippen LogP contribution in [0.15, 0.2) is 36.5 Å². The molecule has 0 aromatic heterocycles. The molecule has 1 heterocycles. The number of carboxylic acids is 1. The SMILES string of the molecule is CCOC(=O)N1C=C(c2ccccc2)N(CC(=O)[O-])C(=O)C1C(C)C. The Morgan fingerprint density at radius 3 is 2.40 bits per heavy atom. The first kappa shape index (κ1) is 18.5. The van der Waals surface area contributed by atoms with E-state index in [1.807, 2.05) is 0 Å². The van der Waals surface area contributed by atoms with Gasteiger partial charge in [-0.2, -0.15) is 0 Å². The molecule has 2 amide bonds. The zero-order chi connectivity index (χ0) is 18.6. The molecule has 0 radical (unpaired) electrons. The molecule has 1 aliphatic rings. The number of hydrogen-bond donors (Lipinski definition) is 0. The van der Waals surface area contributed by atoms with Gasteiger partial charge < -0.3 is 19.5 Å². The zero-order valence-corrected chi connectivity index (χ0v) is 14.5. The molecule has 2 rings (SSSR count). The van der Waals surface area contributed by atoms with E-state index in [2.05, 4.69) is 0 Å². The Bertz CT molecular complexity index is 684. The summed E-state index contributed by atoms with van der Waals surface area (Å²) in [6.45, 7) is 4.84. The van der Waals surface area contributed by atoms with E-state index in [4.69, 9.17) is 4.74 Å². The number of amides is 2. The normalized spacial score (nSPS) is 17.5. The number of hydrogen-bond acceptors (Lipinski definition) is 5. The Kier molecular flexibility index (Phi) is 5.80. The third-order valence-corrected chi connectivity index (χ3v) is 3.84. The number of aliphatic carboxylic acids is 1. The largest absolute Gasteiger partial charge is 0.548 e. The number of carbonyl (C=O) groups excluding carboxylic acids is 3. The maximum absolute atomic E-state index is 12.9. The predicted octanol–water partition coefficient (Wildman–Crippen LogP) is 1.06. The molecule has 0 aliphatic carbocycles. The maximum Gasteiger partial charge on any atom is 0.414 e. The second-order valence-corrected chi connectivity index (χ2v) is 5.97. The Labute approximate surface area is 146 Å². The summed E-state index contributed by atoms with van der Waals surface area (Å²) in [7, 11) is 0. The minimum atomic E-state index is -1.37. The number of nitrogens with zero attached hydrogens (tertiary/aromatic N) is 2. The highest BCUT2D eigenvalue weighted by atomic mass is 16.6. The Morgan fingerprint density at radius 2 is 1.88 bits per heavy atom. The van der Waals surface area contributed by atoms with Crippen molar-refractivity contribution in [2.45, 2.75) is 26.8 Å². The smallest absolute Gasteiger partial charge is 0.414 e. The van der Waals surface area contributed by atoms with Gasteiger partial charge in [-0.1, -0.05) is 44.2 Å². The van der Waals surface area contributed by atoms with Crippen LogP contribution in [0.2, 0.25) is 0 Å². The summed E-state index contributed by atoms with van der Waals surface area (Å²) in [4.78, 5) is 38.8. The number of ether oxygens (including phenoxy) is 1. The van der Waals surface area contributed by atoms with Gasteiger partial charge in [0, 0.05) is 6.20 Å². The van der Waals surface area contributed by atoms with Crippen LogP contribution >= 0.6 is 0 Å². The van der Waals surface area contributed by atoms with Gasteiger partial charge in [0.1, 0.15) is 6.04 Å². The Balaban J connectivity index is 2.56. The molecule has 25 heavy (non-hydrogen) atoms. The lowest BCUT2D eigenvalue weighted by atomic mass is 9.97. The summed E-state index contributed by atoms with van der Waals surface area (Å²) >= 11 is 0. The quantitative estimate of drug-likeness (QED) is 0.796. The topological polar surface area (TPSA) is 90.0 Å². The van der Waals surface area contributed by atoms with Gasteiger partial charge in [0.25, 0.3) is 5.91 Å². The van der Waals surface area contributed by atoms with E-state index in [9.17, 15) is 19.5 Å². The van der Waals surface area contributed by atoms with Crippen LogP contribution in [0.3, 0.4) is 0 Å². The Morgan fingerprint density at radius 1 is 1.24 bits per heavy atom. The van der Waals surface area contributed by atoms with Crippen molar-refractivity contribution >= 4 is 23.7 Å². The number of rotatable bonds is 5. The molecule has 1 aromatic rings. The molecule has 0 saturated heterocycles. The molecule has 1 aromatic carbocycles. The summed E-state index contributed by atoms with van der Waals surface area (Å²) in [5.41, 5.74) is 0.938. The van der Waals surface area contributed by atoms with Gasteiger partial charge in [-0.3, -0.25) is 9.69 Å². The zero-order valence-electron chi connectivity index (χ0n) is 14.5. The fourth-order valence-electron chi connectivity index (χ4n) is 2.78. The highest BCUT2D eigenvalue weighted by Gasteiger charge is 2.40. The monoisotopic (exact) mass is 345 g/mol. The summed E-state index contributed by atoms with van der Waals surface area (Å²) in [6, 6.07) is 7.96. The second-order valence-electron chi connectivity index (χ2n) is 5.97. The molecule has 0 bridgehead atoms. The number of carboxylic acid groups (broad SMARTS) is 1. The van der Waals surface area contributed by atoms with Crippen LogP contribution in [0.4, 0.5) is 4.79 Å². The van der Waals surface area contributed by atoms with Crippen molar-refractivity contribution in [1.29, 1.82) is 0 Å². The second kappa shape index (κ2) is 7.83. The molecule has 7 nitrogen and oxygen atoms in total. The molecule has 0 saturated carbocycles. The van der Waals surface area contributed by atoms with Gasteiger partial charge in [0.2, 0.25) is 0 Å². The average molecular weight is 345 g/mol. The number of benzene rings is 1. The van der Waals surface area contributed by atoms with Crippen molar-refractivity contribution in [3.8, 4) is 0 Å². The van der Waals surface area contributed by atoms with E-state index in [-0.39, 0.29) is 12.5 Å². The highest BCUT2D eigenvalue weighted by molar-refractivity contribution is 5.98. The van der Waals surface area contributed by atoms with E-state index < -0.39 is 30.6 Å². The molecule has 134 valence electrons. The summed E-state index contributed by atoms with van der Waals surface area (Å²) < 4.78 is 5.05. The molecule has 1 unspecified atom stereocenters. The molecule has 7 heteroatoms. The van der Waals surface area contributed by atoms with Crippen LogP contribution in [-0.4, -0.2) is 47.0 Å². The van der Waals surface area contributed by atoms with Crippen LogP contribution in [0.25, 0.3) is 5.70 Å². The summed E-state index contributed by atoms with van der Waals surface area (Å²) in [5.74, 6) is -2.08. The lowest BCUT2D eigenvalue weighted by Crippen LogP contribution is -2.56. The molecule has 1 atom stereocenters. The third-order valence-electron chi connectivity index (χ3n) is 3.84. The molecule has 0 fully saturated rings. The Hall–Kier alpha value is -2.83. The predicted molar refractivity (Wildman–Crippen MR) is 88.6 cm³/mol. The van der Waals surface area contributed by atoms with Gasteiger partial charge >= 0.3 is 6.09 Å². The first-order valence-electron chi connectivity index (χ1n) is 8.10. The van der Waals surface area contributed by atoms with Crippen molar-refractivity contribution in [2.75, 3.05) is 13.2 Å². The van der Waals surface area contributed by atoms with Crippen LogP contribution in [0.1, 0.15) is 26.3 Å². The van der Waals surface area contributed by atoms with Crippen LogP contribution in [-0.2, 0) is 14.3 Å². The maximum atomic E-state index is 12.9. The van der Waals surface area contributed by atoms with Gasteiger partial charge in [-0.05, 0) is 18.4 Å². The first-order valence-corrected chi connectivity index (χ1v) is 8.10.